The molecule has 0 spiro atoms. The monoisotopic (exact) mass is 287 g/mol. The molecule has 2 heterocycles. The van der Waals surface area contributed by atoms with Crippen LogP contribution in [-0.4, -0.2) is 43.5 Å². The maximum Gasteiger partial charge on any atom is 0.253 e. The zero-order chi connectivity index (χ0) is 14.7. The van der Waals surface area contributed by atoms with Gasteiger partial charge in [0.15, 0.2) is 0 Å². The minimum absolute atomic E-state index is 0.0558. The summed E-state index contributed by atoms with van der Waals surface area (Å²) in [5.74, 6) is 0.0558. The molecule has 1 atom stereocenters. The van der Waals surface area contributed by atoms with Crippen LogP contribution in [0.4, 0.5) is 5.69 Å². The summed E-state index contributed by atoms with van der Waals surface area (Å²) in [6, 6.07) is 6.52. The Balaban J connectivity index is 1.65. The van der Waals surface area contributed by atoms with Crippen LogP contribution in [0.2, 0.25) is 0 Å². The molecule has 114 valence electrons. The lowest BCUT2D eigenvalue weighted by Crippen LogP contribution is -2.44. The number of likely N-dealkylation sites (N-methyl/N-ethyl adjacent to an activating group) is 1. The van der Waals surface area contributed by atoms with E-state index in [2.05, 4.69) is 28.6 Å². The minimum atomic E-state index is 0.0558. The van der Waals surface area contributed by atoms with Gasteiger partial charge in [-0.05, 0) is 50.9 Å². The number of fused-ring (bicyclic) bond motifs is 1. The van der Waals surface area contributed by atoms with Crippen molar-refractivity contribution in [2.75, 3.05) is 32.0 Å². The van der Waals surface area contributed by atoms with Crippen LogP contribution in [0, 0.1) is 0 Å². The van der Waals surface area contributed by atoms with Gasteiger partial charge in [0.05, 0.1) is 11.3 Å². The Morgan fingerprint density at radius 1 is 1.38 bits per heavy atom. The van der Waals surface area contributed by atoms with Crippen LogP contribution in [0.3, 0.4) is 0 Å². The van der Waals surface area contributed by atoms with Crippen molar-refractivity contribution in [2.24, 2.45) is 0 Å². The summed E-state index contributed by atoms with van der Waals surface area (Å²) in [6.07, 6.45) is 5.94. The number of anilines is 1. The number of para-hydroxylation sites is 1. The van der Waals surface area contributed by atoms with Crippen molar-refractivity contribution in [2.45, 2.75) is 38.1 Å². The molecule has 3 rings (SSSR count). The topological polar surface area (TPSA) is 44.4 Å². The molecule has 1 saturated heterocycles. The van der Waals surface area contributed by atoms with Crippen molar-refractivity contribution in [1.29, 1.82) is 0 Å². The maximum absolute atomic E-state index is 12.5. The predicted octanol–water partition coefficient (Wildman–Crippen LogP) is 2.26. The summed E-state index contributed by atoms with van der Waals surface area (Å²) >= 11 is 0. The van der Waals surface area contributed by atoms with Crippen molar-refractivity contribution in [3.8, 4) is 0 Å². The van der Waals surface area contributed by atoms with E-state index in [1.807, 2.05) is 12.1 Å². The SMILES string of the molecule is CN1CCCCC1CNC(=O)c1cccc2c1NCCC2. The van der Waals surface area contributed by atoms with E-state index >= 15 is 0 Å². The highest BCUT2D eigenvalue weighted by molar-refractivity contribution is 6.00. The quantitative estimate of drug-likeness (QED) is 0.896. The van der Waals surface area contributed by atoms with Gasteiger partial charge in [-0.1, -0.05) is 18.6 Å². The largest absolute Gasteiger partial charge is 0.384 e. The smallest absolute Gasteiger partial charge is 0.253 e. The minimum Gasteiger partial charge on any atom is -0.384 e. The van der Waals surface area contributed by atoms with Crippen LogP contribution < -0.4 is 10.6 Å². The van der Waals surface area contributed by atoms with Crippen LogP contribution >= 0.6 is 0 Å². The number of hydrogen-bond donors (Lipinski definition) is 2. The predicted molar refractivity (Wildman–Crippen MR) is 85.9 cm³/mol. The molecule has 0 aromatic heterocycles. The van der Waals surface area contributed by atoms with E-state index in [9.17, 15) is 4.79 Å². The van der Waals surface area contributed by atoms with Gasteiger partial charge in [0.2, 0.25) is 0 Å². The molecule has 1 unspecified atom stereocenters. The van der Waals surface area contributed by atoms with Crippen LogP contribution in [-0.2, 0) is 6.42 Å². The fourth-order valence-corrected chi connectivity index (χ4v) is 3.41. The third-order valence-electron chi connectivity index (χ3n) is 4.74. The van der Waals surface area contributed by atoms with Crippen molar-refractivity contribution >= 4 is 11.6 Å². The molecular formula is C17H25N3O. The first-order valence-corrected chi connectivity index (χ1v) is 8.10. The molecule has 4 nitrogen and oxygen atoms in total. The Morgan fingerprint density at radius 3 is 3.14 bits per heavy atom. The van der Waals surface area contributed by atoms with E-state index in [1.54, 1.807) is 0 Å². The lowest BCUT2D eigenvalue weighted by molar-refractivity contribution is 0.0929. The molecule has 1 aromatic carbocycles. The second-order valence-corrected chi connectivity index (χ2v) is 6.21. The van der Waals surface area contributed by atoms with Crippen LogP contribution in [0.25, 0.3) is 0 Å². The highest BCUT2D eigenvalue weighted by atomic mass is 16.1. The molecule has 1 fully saturated rings. The van der Waals surface area contributed by atoms with Gasteiger partial charge >= 0.3 is 0 Å². The van der Waals surface area contributed by atoms with E-state index in [1.165, 1.54) is 24.8 Å². The molecule has 0 bridgehead atoms. The Labute approximate surface area is 126 Å². The highest BCUT2D eigenvalue weighted by Gasteiger charge is 2.21. The van der Waals surface area contributed by atoms with Crippen LogP contribution in [0.15, 0.2) is 18.2 Å². The molecule has 2 N–H and O–H groups in total. The van der Waals surface area contributed by atoms with Gasteiger partial charge in [0.1, 0.15) is 0 Å². The first kappa shape index (κ1) is 14.4. The Morgan fingerprint density at radius 2 is 2.29 bits per heavy atom. The van der Waals surface area contributed by atoms with E-state index in [4.69, 9.17) is 0 Å². The normalized spacial score (nSPS) is 22.2. The Hall–Kier alpha value is -1.55. The lowest BCUT2D eigenvalue weighted by Gasteiger charge is -2.32. The zero-order valence-corrected chi connectivity index (χ0v) is 12.8. The number of amides is 1. The summed E-state index contributed by atoms with van der Waals surface area (Å²) in [5.41, 5.74) is 3.10. The number of hydrogen-bond acceptors (Lipinski definition) is 3. The fourth-order valence-electron chi connectivity index (χ4n) is 3.41. The van der Waals surface area contributed by atoms with Gasteiger partial charge in [-0.3, -0.25) is 4.79 Å². The van der Waals surface area contributed by atoms with Crippen molar-refractivity contribution in [3.05, 3.63) is 29.3 Å². The number of piperidine rings is 1. The Kier molecular flexibility index (Phi) is 4.44. The standard InChI is InChI=1S/C17H25N3O/c1-20-11-3-2-8-14(20)12-19-17(21)15-9-4-6-13-7-5-10-18-16(13)15/h4,6,9,14,18H,2-3,5,7-8,10-12H2,1H3,(H,19,21). The van der Waals surface area contributed by atoms with Crippen molar-refractivity contribution in [3.63, 3.8) is 0 Å². The molecule has 1 aromatic rings. The molecule has 0 aliphatic carbocycles. The van der Waals surface area contributed by atoms with Crippen LogP contribution in [0.5, 0.6) is 0 Å². The molecule has 2 aliphatic rings. The van der Waals surface area contributed by atoms with Gasteiger partial charge in [-0.15, -0.1) is 0 Å². The van der Waals surface area contributed by atoms with Gasteiger partial charge < -0.3 is 15.5 Å². The summed E-state index contributed by atoms with van der Waals surface area (Å²) in [6.45, 7) is 2.85. The molecule has 0 saturated carbocycles. The number of benzene rings is 1. The summed E-state index contributed by atoms with van der Waals surface area (Å²) < 4.78 is 0. The molecular weight excluding hydrogens is 262 g/mol. The van der Waals surface area contributed by atoms with Crippen molar-refractivity contribution < 1.29 is 4.79 Å². The lowest BCUT2D eigenvalue weighted by atomic mass is 9.98. The second-order valence-electron chi connectivity index (χ2n) is 6.21. The number of carbonyl (C=O) groups is 1. The first-order valence-electron chi connectivity index (χ1n) is 8.10. The molecule has 1 amide bonds. The number of rotatable bonds is 3. The molecule has 4 heteroatoms. The highest BCUT2D eigenvalue weighted by Crippen LogP contribution is 2.26. The van der Waals surface area contributed by atoms with Crippen LogP contribution in [0.1, 0.15) is 41.6 Å². The molecule has 0 radical (unpaired) electrons. The zero-order valence-electron chi connectivity index (χ0n) is 12.8. The average molecular weight is 287 g/mol. The molecule has 2 aliphatic heterocycles. The number of likely N-dealkylation sites (tertiary alicyclic amines) is 1. The van der Waals surface area contributed by atoms with E-state index < -0.39 is 0 Å². The van der Waals surface area contributed by atoms with E-state index in [0.29, 0.717) is 6.04 Å². The van der Waals surface area contributed by atoms with Gasteiger partial charge in [-0.2, -0.15) is 0 Å². The summed E-state index contributed by atoms with van der Waals surface area (Å²) in [5, 5.41) is 6.52. The third-order valence-corrected chi connectivity index (χ3v) is 4.74. The van der Waals surface area contributed by atoms with E-state index in [0.717, 1.165) is 43.7 Å². The number of carbonyl (C=O) groups excluding carboxylic acids is 1. The Bertz CT molecular complexity index is 515. The van der Waals surface area contributed by atoms with E-state index in [-0.39, 0.29) is 5.91 Å². The van der Waals surface area contributed by atoms with Gasteiger partial charge in [-0.25, -0.2) is 0 Å². The second kappa shape index (κ2) is 6.48. The number of nitrogens with zero attached hydrogens (tertiary/aromatic N) is 1. The van der Waals surface area contributed by atoms with Gasteiger partial charge in [0, 0.05) is 19.1 Å². The number of nitrogens with one attached hydrogen (secondary N) is 2. The third kappa shape index (κ3) is 3.21. The number of aryl methyl sites for hydroxylation is 1. The summed E-state index contributed by atoms with van der Waals surface area (Å²) in [7, 11) is 2.15. The maximum atomic E-state index is 12.5. The fraction of sp³-hybridized carbons (Fsp3) is 0.588. The van der Waals surface area contributed by atoms with Gasteiger partial charge in [0.25, 0.3) is 5.91 Å². The summed E-state index contributed by atoms with van der Waals surface area (Å²) in [4.78, 5) is 14.9. The molecule has 21 heavy (non-hydrogen) atoms. The average Bonchev–Trinajstić information content (AvgIpc) is 2.53. The first-order chi connectivity index (χ1) is 10.3. The van der Waals surface area contributed by atoms with Crippen molar-refractivity contribution in [1.82, 2.24) is 10.2 Å².